The van der Waals surface area contributed by atoms with Gasteiger partial charge in [0, 0.05) is 37.6 Å². The van der Waals surface area contributed by atoms with Crippen LogP contribution in [0.15, 0.2) is 36.5 Å². The van der Waals surface area contributed by atoms with Crippen LogP contribution in [0.5, 0.6) is 0 Å². The molecule has 0 atom stereocenters. The first-order valence-corrected chi connectivity index (χ1v) is 7.43. The van der Waals surface area contributed by atoms with Gasteiger partial charge in [-0.3, -0.25) is 4.79 Å². The predicted molar refractivity (Wildman–Crippen MR) is 87.5 cm³/mol. The Balaban J connectivity index is 1.69. The number of carbonyl (C=O) groups excluding carboxylic acids is 1. The molecule has 0 unspecified atom stereocenters. The van der Waals surface area contributed by atoms with Crippen molar-refractivity contribution in [2.75, 3.05) is 28.6 Å². The fourth-order valence-corrected chi connectivity index (χ4v) is 2.50. The number of carbonyl (C=O) groups is 1. The van der Waals surface area contributed by atoms with Gasteiger partial charge in [0.1, 0.15) is 5.82 Å². The van der Waals surface area contributed by atoms with Crippen LogP contribution >= 0.6 is 0 Å². The zero-order valence-electron chi connectivity index (χ0n) is 12.5. The highest BCUT2D eigenvalue weighted by Crippen LogP contribution is 2.21. The van der Waals surface area contributed by atoms with Crippen molar-refractivity contribution in [3.8, 4) is 0 Å². The summed E-state index contributed by atoms with van der Waals surface area (Å²) in [5.74, 6) is 1.46. The third-order valence-corrected chi connectivity index (χ3v) is 3.53. The van der Waals surface area contributed by atoms with Crippen LogP contribution < -0.4 is 15.5 Å². The number of hydrogen-bond donors (Lipinski definition) is 2. The van der Waals surface area contributed by atoms with Crippen molar-refractivity contribution in [2.45, 2.75) is 19.8 Å². The zero-order valence-corrected chi connectivity index (χ0v) is 12.5. The van der Waals surface area contributed by atoms with Crippen LogP contribution in [0, 0.1) is 0 Å². The highest BCUT2D eigenvalue weighted by atomic mass is 16.1. The van der Waals surface area contributed by atoms with Crippen LogP contribution in [-0.2, 0) is 4.79 Å². The number of benzene rings is 1. The molecule has 1 aliphatic heterocycles. The number of aromatic nitrogens is 2. The smallest absolute Gasteiger partial charge is 0.229 e. The summed E-state index contributed by atoms with van der Waals surface area (Å²) in [7, 11) is 0. The molecular weight excluding hydrogens is 278 g/mol. The van der Waals surface area contributed by atoms with Gasteiger partial charge in [0.2, 0.25) is 11.9 Å². The van der Waals surface area contributed by atoms with E-state index in [1.807, 2.05) is 30.3 Å². The van der Waals surface area contributed by atoms with E-state index < -0.39 is 0 Å². The van der Waals surface area contributed by atoms with E-state index in [0.29, 0.717) is 5.95 Å². The summed E-state index contributed by atoms with van der Waals surface area (Å²) in [6, 6.07) is 9.40. The van der Waals surface area contributed by atoms with Gasteiger partial charge in [-0.1, -0.05) is 0 Å². The Morgan fingerprint density at radius 1 is 1.09 bits per heavy atom. The standard InChI is InChI=1S/C16H19N5O/c1-12(22)18-13-4-6-14(7-5-13)19-16-17-9-8-15(20-16)21-10-2-3-11-21/h4-9H,2-3,10-11H2,1H3,(H,18,22)(H,17,19,20). The van der Waals surface area contributed by atoms with Gasteiger partial charge in [-0.25, -0.2) is 4.98 Å². The summed E-state index contributed by atoms with van der Waals surface area (Å²) < 4.78 is 0. The SMILES string of the molecule is CC(=O)Nc1ccc(Nc2nccc(N3CCCC3)n2)cc1. The molecule has 1 aromatic heterocycles. The lowest BCUT2D eigenvalue weighted by molar-refractivity contribution is -0.114. The molecule has 0 aliphatic carbocycles. The molecule has 22 heavy (non-hydrogen) atoms. The first-order valence-electron chi connectivity index (χ1n) is 7.43. The molecule has 1 fully saturated rings. The van der Waals surface area contributed by atoms with Crippen LogP contribution in [0.2, 0.25) is 0 Å². The van der Waals surface area contributed by atoms with Crippen molar-refractivity contribution in [2.24, 2.45) is 0 Å². The van der Waals surface area contributed by atoms with Crippen molar-refractivity contribution in [1.29, 1.82) is 0 Å². The molecule has 1 saturated heterocycles. The van der Waals surface area contributed by atoms with Crippen molar-refractivity contribution < 1.29 is 4.79 Å². The normalized spacial score (nSPS) is 14.0. The Bertz CT molecular complexity index is 650. The first kappa shape index (κ1) is 14.3. The highest BCUT2D eigenvalue weighted by Gasteiger charge is 2.13. The quantitative estimate of drug-likeness (QED) is 0.908. The Morgan fingerprint density at radius 2 is 1.77 bits per heavy atom. The topological polar surface area (TPSA) is 70.2 Å². The third-order valence-electron chi connectivity index (χ3n) is 3.53. The van der Waals surface area contributed by atoms with Gasteiger partial charge in [-0.15, -0.1) is 0 Å². The second kappa shape index (κ2) is 6.43. The Labute approximate surface area is 129 Å². The first-order chi connectivity index (χ1) is 10.7. The Kier molecular flexibility index (Phi) is 4.18. The lowest BCUT2D eigenvalue weighted by Crippen LogP contribution is -2.19. The van der Waals surface area contributed by atoms with E-state index in [1.54, 1.807) is 6.20 Å². The van der Waals surface area contributed by atoms with Crippen LogP contribution in [0.4, 0.5) is 23.1 Å². The molecule has 2 heterocycles. The average molecular weight is 297 g/mol. The number of rotatable bonds is 4. The van der Waals surface area contributed by atoms with Gasteiger partial charge in [0.25, 0.3) is 0 Å². The lowest BCUT2D eigenvalue weighted by atomic mass is 10.3. The molecule has 6 nitrogen and oxygen atoms in total. The maximum atomic E-state index is 11.0. The third kappa shape index (κ3) is 3.52. The van der Waals surface area contributed by atoms with Crippen molar-refractivity contribution in [3.05, 3.63) is 36.5 Å². The second-order valence-corrected chi connectivity index (χ2v) is 5.32. The van der Waals surface area contributed by atoms with E-state index in [0.717, 1.165) is 30.3 Å². The molecule has 1 aliphatic rings. The van der Waals surface area contributed by atoms with Gasteiger partial charge in [-0.2, -0.15) is 4.98 Å². The van der Waals surface area contributed by atoms with Crippen LogP contribution in [0.1, 0.15) is 19.8 Å². The van der Waals surface area contributed by atoms with E-state index in [1.165, 1.54) is 19.8 Å². The Morgan fingerprint density at radius 3 is 2.45 bits per heavy atom. The highest BCUT2D eigenvalue weighted by molar-refractivity contribution is 5.88. The fourth-order valence-electron chi connectivity index (χ4n) is 2.50. The molecule has 1 aromatic carbocycles. The molecule has 6 heteroatoms. The summed E-state index contributed by atoms with van der Waals surface area (Å²) in [4.78, 5) is 22.1. The van der Waals surface area contributed by atoms with Crippen LogP contribution in [0.3, 0.4) is 0 Å². The molecule has 1 amide bonds. The molecule has 0 saturated carbocycles. The molecule has 2 aromatic rings. The van der Waals surface area contributed by atoms with E-state index in [9.17, 15) is 4.79 Å². The second-order valence-electron chi connectivity index (χ2n) is 5.32. The van der Waals surface area contributed by atoms with Gasteiger partial charge >= 0.3 is 0 Å². The zero-order chi connectivity index (χ0) is 15.4. The fraction of sp³-hybridized carbons (Fsp3) is 0.312. The monoisotopic (exact) mass is 297 g/mol. The average Bonchev–Trinajstić information content (AvgIpc) is 3.03. The Hall–Kier alpha value is -2.63. The maximum Gasteiger partial charge on any atom is 0.229 e. The van der Waals surface area contributed by atoms with E-state index in [-0.39, 0.29) is 5.91 Å². The summed E-state index contributed by atoms with van der Waals surface area (Å²) >= 11 is 0. The molecule has 0 radical (unpaired) electrons. The number of hydrogen-bond acceptors (Lipinski definition) is 5. The van der Waals surface area contributed by atoms with Crippen molar-refractivity contribution in [1.82, 2.24) is 9.97 Å². The van der Waals surface area contributed by atoms with Gasteiger partial charge in [0.05, 0.1) is 0 Å². The minimum absolute atomic E-state index is 0.0812. The minimum atomic E-state index is -0.0812. The van der Waals surface area contributed by atoms with E-state index in [2.05, 4.69) is 25.5 Å². The molecular formula is C16H19N5O. The predicted octanol–water partition coefficient (Wildman–Crippen LogP) is 2.78. The number of anilines is 4. The molecule has 2 N–H and O–H groups in total. The lowest BCUT2D eigenvalue weighted by Gasteiger charge is -2.16. The van der Waals surface area contributed by atoms with Crippen molar-refractivity contribution in [3.63, 3.8) is 0 Å². The molecule has 0 bridgehead atoms. The number of nitrogens with one attached hydrogen (secondary N) is 2. The summed E-state index contributed by atoms with van der Waals surface area (Å²) in [6.45, 7) is 3.60. The van der Waals surface area contributed by atoms with Gasteiger partial charge in [-0.05, 0) is 43.2 Å². The van der Waals surface area contributed by atoms with Crippen LogP contribution in [-0.4, -0.2) is 29.0 Å². The largest absolute Gasteiger partial charge is 0.356 e. The summed E-state index contributed by atoms with van der Waals surface area (Å²) in [6.07, 6.45) is 4.21. The van der Waals surface area contributed by atoms with Gasteiger partial charge in [0.15, 0.2) is 0 Å². The number of amides is 1. The molecule has 0 spiro atoms. The van der Waals surface area contributed by atoms with Crippen LogP contribution in [0.25, 0.3) is 0 Å². The van der Waals surface area contributed by atoms with E-state index >= 15 is 0 Å². The maximum absolute atomic E-state index is 11.0. The summed E-state index contributed by atoms with van der Waals surface area (Å²) in [5.41, 5.74) is 1.65. The van der Waals surface area contributed by atoms with E-state index in [4.69, 9.17) is 0 Å². The number of nitrogens with zero attached hydrogens (tertiary/aromatic N) is 3. The summed E-state index contributed by atoms with van der Waals surface area (Å²) in [5, 5.41) is 5.92. The van der Waals surface area contributed by atoms with Gasteiger partial charge < -0.3 is 15.5 Å². The molecule has 3 rings (SSSR count). The van der Waals surface area contributed by atoms with Crippen molar-refractivity contribution >= 4 is 29.0 Å². The minimum Gasteiger partial charge on any atom is -0.356 e. The molecule has 114 valence electrons.